The van der Waals surface area contributed by atoms with Crippen molar-refractivity contribution in [3.8, 4) is 11.5 Å². The summed E-state index contributed by atoms with van der Waals surface area (Å²) >= 11 is 0. The van der Waals surface area contributed by atoms with Crippen molar-refractivity contribution in [3.05, 3.63) is 47.0 Å². The van der Waals surface area contributed by atoms with E-state index in [1.807, 2.05) is 25.3 Å². The van der Waals surface area contributed by atoms with Gasteiger partial charge in [0.2, 0.25) is 0 Å². The SMILES string of the molecule is CCc1cnc(C)nc1C[C@@H]1COc2cc(OC)ccc2C1. The fraction of sp³-hybridized carbons (Fsp3) is 0.444. The van der Waals surface area contributed by atoms with Gasteiger partial charge < -0.3 is 9.47 Å². The van der Waals surface area contributed by atoms with E-state index in [2.05, 4.69) is 23.0 Å². The maximum Gasteiger partial charge on any atom is 0.126 e. The molecule has 4 heteroatoms. The van der Waals surface area contributed by atoms with Crippen LogP contribution in [0.2, 0.25) is 0 Å². The summed E-state index contributed by atoms with van der Waals surface area (Å²) in [6.45, 7) is 4.82. The number of hydrogen-bond donors (Lipinski definition) is 0. The molecular formula is C18H22N2O2. The van der Waals surface area contributed by atoms with Crippen LogP contribution in [0.15, 0.2) is 24.4 Å². The summed E-state index contributed by atoms with van der Waals surface area (Å²) in [4.78, 5) is 8.94. The lowest BCUT2D eigenvalue weighted by Crippen LogP contribution is -2.24. The zero-order valence-electron chi connectivity index (χ0n) is 13.4. The first-order chi connectivity index (χ1) is 10.7. The fourth-order valence-corrected chi connectivity index (χ4v) is 2.96. The molecule has 116 valence electrons. The van der Waals surface area contributed by atoms with E-state index >= 15 is 0 Å². The Hall–Kier alpha value is -2.10. The molecule has 0 amide bonds. The van der Waals surface area contributed by atoms with Gasteiger partial charge in [0.15, 0.2) is 0 Å². The van der Waals surface area contributed by atoms with E-state index < -0.39 is 0 Å². The average molecular weight is 298 g/mol. The highest BCUT2D eigenvalue weighted by molar-refractivity contribution is 5.42. The number of aromatic nitrogens is 2. The van der Waals surface area contributed by atoms with E-state index in [0.29, 0.717) is 5.92 Å². The Balaban J connectivity index is 1.76. The van der Waals surface area contributed by atoms with E-state index in [1.165, 1.54) is 16.8 Å². The molecule has 1 atom stereocenters. The largest absolute Gasteiger partial charge is 0.497 e. The molecule has 2 heterocycles. The first-order valence-corrected chi connectivity index (χ1v) is 7.80. The lowest BCUT2D eigenvalue weighted by molar-refractivity contribution is 0.219. The summed E-state index contributed by atoms with van der Waals surface area (Å²) in [6, 6.07) is 6.07. The number of hydrogen-bond acceptors (Lipinski definition) is 4. The molecule has 2 aromatic rings. The third-order valence-electron chi connectivity index (χ3n) is 4.20. The number of benzene rings is 1. The third-order valence-corrected chi connectivity index (χ3v) is 4.20. The molecule has 0 radical (unpaired) electrons. The van der Waals surface area contributed by atoms with Gasteiger partial charge in [0.25, 0.3) is 0 Å². The van der Waals surface area contributed by atoms with Crippen molar-refractivity contribution >= 4 is 0 Å². The summed E-state index contributed by atoms with van der Waals surface area (Å²) in [5, 5.41) is 0. The lowest BCUT2D eigenvalue weighted by atomic mass is 9.91. The van der Waals surface area contributed by atoms with Gasteiger partial charge in [-0.05, 0) is 43.4 Å². The van der Waals surface area contributed by atoms with Crippen LogP contribution in [-0.2, 0) is 19.3 Å². The normalized spacial score (nSPS) is 16.8. The minimum absolute atomic E-state index is 0.459. The van der Waals surface area contributed by atoms with Gasteiger partial charge in [-0.25, -0.2) is 9.97 Å². The molecule has 1 aromatic heterocycles. The highest BCUT2D eigenvalue weighted by Gasteiger charge is 2.22. The van der Waals surface area contributed by atoms with Crippen LogP contribution in [0.25, 0.3) is 0 Å². The van der Waals surface area contributed by atoms with E-state index in [0.717, 1.165) is 43.2 Å². The van der Waals surface area contributed by atoms with E-state index in [9.17, 15) is 0 Å². The molecule has 1 aromatic carbocycles. The maximum atomic E-state index is 5.93. The van der Waals surface area contributed by atoms with Gasteiger partial charge >= 0.3 is 0 Å². The monoisotopic (exact) mass is 298 g/mol. The third kappa shape index (κ3) is 3.06. The van der Waals surface area contributed by atoms with Gasteiger partial charge in [-0.1, -0.05) is 13.0 Å². The maximum absolute atomic E-state index is 5.93. The Morgan fingerprint density at radius 3 is 3.00 bits per heavy atom. The predicted molar refractivity (Wildman–Crippen MR) is 85.5 cm³/mol. The molecule has 0 saturated heterocycles. The van der Waals surface area contributed by atoms with E-state index in [4.69, 9.17) is 9.47 Å². The lowest BCUT2D eigenvalue weighted by Gasteiger charge is -2.26. The first kappa shape index (κ1) is 14.8. The molecule has 0 aliphatic carbocycles. The zero-order chi connectivity index (χ0) is 15.5. The molecule has 0 spiro atoms. The topological polar surface area (TPSA) is 44.2 Å². The summed E-state index contributed by atoms with van der Waals surface area (Å²) < 4.78 is 11.2. The van der Waals surface area contributed by atoms with Crippen LogP contribution in [-0.4, -0.2) is 23.7 Å². The number of rotatable bonds is 4. The van der Waals surface area contributed by atoms with Crippen molar-refractivity contribution in [2.45, 2.75) is 33.1 Å². The number of methoxy groups -OCH3 is 1. The number of aryl methyl sites for hydroxylation is 2. The molecule has 4 nitrogen and oxygen atoms in total. The Morgan fingerprint density at radius 1 is 1.36 bits per heavy atom. The molecule has 0 unspecified atom stereocenters. The molecule has 1 aliphatic heterocycles. The van der Waals surface area contributed by atoms with Crippen LogP contribution in [0.5, 0.6) is 11.5 Å². The molecule has 22 heavy (non-hydrogen) atoms. The molecule has 1 aliphatic rings. The molecular weight excluding hydrogens is 276 g/mol. The number of nitrogens with zero attached hydrogens (tertiary/aromatic N) is 2. The minimum Gasteiger partial charge on any atom is -0.497 e. The van der Waals surface area contributed by atoms with E-state index in [-0.39, 0.29) is 0 Å². The van der Waals surface area contributed by atoms with Crippen LogP contribution in [0.4, 0.5) is 0 Å². The summed E-state index contributed by atoms with van der Waals surface area (Å²) in [5.41, 5.74) is 3.66. The van der Waals surface area contributed by atoms with Gasteiger partial charge in [-0.2, -0.15) is 0 Å². The van der Waals surface area contributed by atoms with Crippen molar-refractivity contribution in [1.29, 1.82) is 0 Å². The van der Waals surface area contributed by atoms with Gasteiger partial charge in [0.05, 0.1) is 13.7 Å². The van der Waals surface area contributed by atoms with Crippen LogP contribution in [0.1, 0.15) is 29.6 Å². The molecule has 0 bridgehead atoms. The van der Waals surface area contributed by atoms with Crippen molar-refractivity contribution in [3.63, 3.8) is 0 Å². The second kappa shape index (κ2) is 6.34. The Morgan fingerprint density at radius 2 is 2.23 bits per heavy atom. The van der Waals surface area contributed by atoms with Crippen LogP contribution in [0.3, 0.4) is 0 Å². The van der Waals surface area contributed by atoms with Gasteiger partial charge in [-0.15, -0.1) is 0 Å². The molecule has 0 saturated carbocycles. The van der Waals surface area contributed by atoms with Gasteiger partial charge in [0.1, 0.15) is 17.3 Å². The van der Waals surface area contributed by atoms with Crippen molar-refractivity contribution in [2.24, 2.45) is 5.92 Å². The van der Waals surface area contributed by atoms with Crippen molar-refractivity contribution in [2.75, 3.05) is 13.7 Å². The highest BCUT2D eigenvalue weighted by atomic mass is 16.5. The zero-order valence-corrected chi connectivity index (χ0v) is 13.4. The van der Waals surface area contributed by atoms with Crippen LogP contribution < -0.4 is 9.47 Å². The van der Waals surface area contributed by atoms with Gasteiger partial charge in [0, 0.05) is 23.9 Å². The van der Waals surface area contributed by atoms with Crippen molar-refractivity contribution in [1.82, 2.24) is 9.97 Å². The summed E-state index contributed by atoms with van der Waals surface area (Å²) in [6.07, 6.45) is 4.89. The quantitative estimate of drug-likeness (QED) is 0.870. The number of fused-ring (bicyclic) bond motifs is 1. The highest BCUT2D eigenvalue weighted by Crippen LogP contribution is 2.32. The van der Waals surface area contributed by atoms with Gasteiger partial charge in [-0.3, -0.25) is 0 Å². The second-order valence-corrected chi connectivity index (χ2v) is 5.80. The molecule has 0 N–H and O–H groups in total. The Labute approximate surface area is 131 Å². The van der Waals surface area contributed by atoms with Crippen molar-refractivity contribution < 1.29 is 9.47 Å². The molecule has 3 rings (SSSR count). The average Bonchev–Trinajstić information content (AvgIpc) is 2.54. The smallest absolute Gasteiger partial charge is 0.126 e. The van der Waals surface area contributed by atoms with E-state index in [1.54, 1.807) is 7.11 Å². The summed E-state index contributed by atoms with van der Waals surface area (Å²) in [7, 11) is 1.68. The Kier molecular flexibility index (Phi) is 4.27. The summed E-state index contributed by atoms with van der Waals surface area (Å²) in [5.74, 6) is 3.09. The minimum atomic E-state index is 0.459. The van der Waals surface area contributed by atoms with Crippen LogP contribution >= 0.6 is 0 Å². The Bertz CT molecular complexity index is 670. The first-order valence-electron chi connectivity index (χ1n) is 7.80. The second-order valence-electron chi connectivity index (χ2n) is 5.80. The molecule has 0 fully saturated rings. The fourth-order valence-electron chi connectivity index (χ4n) is 2.96. The standard InChI is InChI=1S/C18H22N2O2/c1-4-14-10-19-12(2)20-17(14)8-13-7-15-5-6-16(21-3)9-18(15)22-11-13/h5-6,9-10,13H,4,7-8,11H2,1-3H3/t13-/m1/s1. The van der Waals surface area contributed by atoms with Crippen LogP contribution in [0, 0.1) is 12.8 Å². The number of ether oxygens (including phenoxy) is 2. The predicted octanol–water partition coefficient (Wildman–Crippen LogP) is 3.15.